The van der Waals surface area contributed by atoms with Gasteiger partial charge in [0.1, 0.15) is 29.9 Å². The molecule has 39 heavy (non-hydrogen) atoms. The van der Waals surface area contributed by atoms with Gasteiger partial charge in [-0.2, -0.15) is 5.10 Å². The number of hydrogen-bond acceptors (Lipinski definition) is 10. The van der Waals surface area contributed by atoms with Crippen molar-refractivity contribution in [2.45, 2.75) is 58.1 Å². The zero-order valence-corrected chi connectivity index (χ0v) is 22.5. The van der Waals surface area contributed by atoms with Crippen molar-refractivity contribution in [1.29, 1.82) is 0 Å². The number of hydrogen-bond donors (Lipinski definition) is 4. The summed E-state index contributed by atoms with van der Waals surface area (Å²) >= 11 is 0. The Hall–Kier alpha value is -4.29. The van der Waals surface area contributed by atoms with Crippen molar-refractivity contribution in [2.75, 3.05) is 32.2 Å². The highest BCUT2D eigenvalue weighted by atomic mass is 16.6. The van der Waals surface area contributed by atoms with E-state index < -0.39 is 24.6 Å². The number of amides is 2. The number of H-pyrrole nitrogens is 1. The molecule has 2 amide bonds. The molecule has 212 valence electrons. The van der Waals surface area contributed by atoms with Crippen LogP contribution < -0.4 is 20.1 Å². The quantitative estimate of drug-likeness (QED) is 0.231. The van der Waals surface area contributed by atoms with Gasteiger partial charge in [0.15, 0.2) is 12.4 Å². The van der Waals surface area contributed by atoms with Gasteiger partial charge in [-0.15, -0.1) is 0 Å². The summed E-state index contributed by atoms with van der Waals surface area (Å²) in [6, 6.07) is 4.59. The molecule has 0 radical (unpaired) electrons. The predicted molar refractivity (Wildman–Crippen MR) is 142 cm³/mol. The van der Waals surface area contributed by atoms with Gasteiger partial charge in [-0.25, -0.2) is 4.79 Å². The Bertz CT molecular complexity index is 1180. The van der Waals surface area contributed by atoms with Crippen LogP contribution in [0.25, 0.3) is 0 Å². The van der Waals surface area contributed by atoms with Crippen LogP contribution in [-0.4, -0.2) is 78.5 Å². The molecule has 0 unspecified atom stereocenters. The van der Waals surface area contributed by atoms with Crippen molar-refractivity contribution < 1.29 is 38.4 Å². The summed E-state index contributed by atoms with van der Waals surface area (Å²) in [6.07, 6.45) is 2.87. The molecular formula is C26H35N5O8. The van der Waals surface area contributed by atoms with Crippen LogP contribution in [0.4, 0.5) is 10.6 Å². The number of aromatic nitrogens is 2. The minimum Gasteiger partial charge on any atom is -0.507 e. The number of alkyl carbamates (subject to hydrolysis) is 1. The highest BCUT2D eigenvalue weighted by Gasteiger charge is 2.30. The number of esters is 1. The van der Waals surface area contributed by atoms with Crippen LogP contribution in [0.2, 0.25) is 0 Å². The first-order valence-corrected chi connectivity index (χ1v) is 12.7. The average molecular weight is 546 g/mol. The van der Waals surface area contributed by atoms with E-state index in [9.17, 15) is 19.5 Å². The first-order chi connectivity index (χ1) is 18.7. The van der Waals surface area contributed by atoms with Crippen LogP contribution in [0, 0.1) is 0 Å². The monoisotopic (exact) mass is 545 g/mol. The Morgan fingerprint density at radius 1 is 1.26 bits per heavy atom. The molecule has 4 N–H and O–H groups in total. The van der Waals surface area contributed by atoms with E-state index in [1.54, 1.807) is 13.0 Å². The first-order valence-electron chi connectivity index (χ1n) is 12.7. The molecule has 0 saturated heterocycles. The SMILES string of the molecule is CCOC(=O)C/N=C/c1c(O)cc(OC)cc1OCC(=O)Nc1cc([C@H]2CC[C@@H](OC(=O)NC(C)C)C2)[nH]n1. The molecule has 0 aliphatic heterocycles. The molecule has 0 bridgehead atoms. The maximum Gasteiger partial charge on any atom is 0.407 e. The van der Waals surface area contributed by atoms with E-state index in [2.05, 4.69) is 25.8 Å². The molecule has 1 aromatic carbocycles. The van der Waals surface area contributed by atoms with E-state index in [1.807, 2.05) is 13.8 Å². The molecule has 1 aromatic heterocycles. The van der Waals surface area contributed by atoms with Crippen molar-refractivity contribution >= 4 is 30.0 Å². The smallest absolute Gasteiger partial charge is 0.407 e. The minimum atomic E-state index is -0.515. The number of methoxy groups -OCH3 is 1. The fraction of sp³-hybridized carbons (Fsp3) is 0.500. The molecule has 1 fully saturated rings. The number of aliphatic imine (C=N–C) groups is 1. The highest BCUT2D eigenvalue weighted by Crippen LogP contribution is 2.36. The second-order valence-electron chi connectivity index (χ2n) is 9.21. The number of phenols is 1. The number of nitrogens with one attached hydrogen (secondary N) is 3. The van der Waals surface area contributed by atoms with E-state index >= 15 is 0 Å². The van der Waals surface area contributed by atoms with Crippen LogP contribution >= 0.6 is 0 Å². The molecule has 1 heterocycles. The van der Waals surface area contributed by atoms with Gasteiger partial charge in [0, 0.05) is 42.1 Å². The van der Waals surface area contributed by atoms with Crippen LogP contribution in [0.5, 0.6) is 17.2 Å². The van der Waals surface area contributed by atoms with Gasteiger partial charge >= 0.3 is 12.1 Å². The van der Waals surface area contributed by atoms with E-state index in [1.165, 1.54) is 25.5 Å². The van der Waals surface area contributed by atoms with Crippen LogP contribution in [0.15, 0.2) is 23.2 Å². The number of anilines is 1. The molecule has 1 saturated carbocycles. The second kappa shape index (κ2) is 14.0. The normalized spacial score (nSPS) is 16.7. The van der Waals surface area contributed by atoms with E-state index in [0.717, 1.165) is 18.5 Å². The summed E-state index contributed by atoms with van der Waals surface area (Å²) in [5.41, 5.74) is 1.01. The Balaban J connectivity index is 1.56. The Morgan fingerprint density at radius 2 is 2.05 bits per heavy atom. The van der Waals surface area contributed by atoms with Gasteiger partial charge in [-0.1, -0.05) is 0 Å². The number of aromatic amines is 1. The lowest BCUT2D eigenvalue weighted by Gasteiger charge is -2.14. The molecular weight excluding hydrogens is 510 g/mol. The number of nitrogens with zero attached hydrogens (tertiary/aromatic N) is 2. The van der Waals surface area contributed by atoms with E-state index in [4.69, 9.17) is 18.9 Å². The maximum absolute atomic E-state index is 12.6. The number of rotatable bonds is 12. The summed E-state index contributed by atoms with van der Waals surface area (Å²) in [6.45, 7) is 5.03. The lowest BCUT2D eigenvalue weighted by molar-refractivity contribution is -0.141. The summed E-state index contributed by atoms with van der Waals surface area (Å²) in [4.78, 5) is 39.9. The molecule has 2 aromatic rings. The Labute approximate surface area is 226 Å². The van der Waals surface area contributed by atoms with Crippen molar-refractivity contribution in [2.24, 2.45) is 4.99 Å². The molecule has 0 spiro atoms. The molecule has 1 aliphatic rings. The maximum atomic E-state index is 12.6. The van der Waals surface area contributed by atoms with Crippen molar-refractivity contribution in [3.8, 4) is 17.2 Å². The second-order valence-corrected chi connectivity index (χ2v) is 9.21. The van der Waals surface area contributed by atoms with Crippen molar-refractivity contribution in [3.63, 3.8) is 0 Å². The topological polar surface area (TPSA) is 173 Å². The van der Waals surface area contributed by atoms with Crippen molar-refractivity contribution in [1.82, 2.24) is 15.5 Å². The average Bonchev–Trinajstić information content (AvgIpc) is 3.53. The van der Waals surface area contributed by atoms with E-state index in [-0.39, 0.29) is 48.3 Å². The fourth-order valence-corrected chi connectivity index (χ4v) is 4.06. The summed E-state index contributed by atoms with van der Waals surface area (Å²) in [5.74, 6) is -0.312. The van der Waals surface area contributed by atoms with Crippen LogP contribution in [-0.2, 0) is 19.1 Å². The number of ether oxygens (including phenoxy) is 4. The molecule has 1 aliphatic carbocycles. The van der Waals surface area contributed by atoms with Gasteiger partial charge < -0.3 is 34.7 Å². The molecule has 13 heteroatoms. The number of carbonyl (C=O) groups excluding carboxylic acids is 3. The first kappa shape index (κ1) is 29.3. The number of carbonyl (C=O) groups is 3. The number of aromatic hydroxyl groups is 1. The highest BCUT2D eigenvalue weighted by molar-refractivity contribution is 5.92. The third-order valence-electron chi connectivity index (χ3n) is 5.80. The van der Waals surface area contributed by atoms with Gasteiger partial charge in [0.05, 0.1) is 19.3 Å². The van der Waals surface area contributed by atoms with Gasteiger partial charge in [-0.05, 0) is 40.0 Å². The predicted octanol–water partition coefficient (Wildman–Crippen LogP) is 2.89. The van der Waals surface area contributed by atoms with Crippen molar-refractivity contribution in [3.05, 3.63) is 29.5 Å². The summed E-state index contributed by atoms with van der Waals surface area (Å²) in [7, 11) is 1.42. The van der Waals surface area contributed by atoms with Crippen LogP contribution in [0.3, 0.4) is 0 Å². The minimum absolute atomic E-state index is 0.00288. The molecule has 3 rings (SSSR count). The summed E-state index contributed by atoms with van der Waals surface area (Å²) in [5, 5.41) is 22.8. The number of benzene rings is 1. The zero-order chi connectivity index (χ0) is 28.4. The summed E-state index contributed by atoms with van der Waals surface area (Å²) < 4.78 is 21.1. The van der Waals surface area contributed by atoms with Crippen LogP contribution in [0.1, 0.15) is 57.2 Å². The van der Waals surface area contributed by atoms with Gasteiger partial charge in [0.2, 0.25) is 0 Å². The lowest BCUT2D eigenvalue weighted by Crippen LogP contribution is -2.33. The molecule has 13 nitrogen and oxygen atoms in total. The molecule has 2 atom stereocenters. The Kier molecular flexibility index (Phi) is 10.5. The van der Waals surface area contributed by atoms with Gasteiger partial charge in [-0.3, -0.25) is 19.7 Å². The number of phenolic OH excluding ortho intramolecular Hbond substituents is 1. The largest absolute Gasteiger partial charge is 0.507 e. The third-order valence-corrected chi connectivity index (χ3v) is 5.80. The fourth-order valence-electron chi connectivity index (χ4n) is 4.06. The third kappa shape index (κ3) is 8.90. The zero-order valence-electron chi connectivity index (χ0n) is 22.5. The Morgan fingerprint density at radius 3 is 2.77 bits per heavy atom. The standard InChI is InChI=1S/C26H35N5O8/c1-5-37-25(34)13-27-12-19-21(32)9-18(36-4)10-22(19)38-14-24(33)29-23-11-20(30-31-23)16-6-7-17(8-16)39-26(35)28-15(2)3/h9-12,15-17,32H,5-8,13-14H2,1-4H3,(H,28,35)(H2,29,30,31,33)/b27-12+/t16-,17+/m0/s1. The lowest BCUT2D eigenvalue weighted by atomic mass is 10.0. The van der Waals surface area contributed by atoms with E-state index in [0.29, 0.717) is 18.0 Å². The van der Waals surface area contributed by atoms with Gasteiger partial charge in [0.25, 0.3) is 5.91 Å².